The molecule has 2 aromatic heterocycles. The van der Waals surface area contributed by atoms with Crippen LogP contribution in [0, 0.1) is 12.3 Å². The minimum absolute atomic E-state index is 0.0421. The number of nitrogens with zero attached hydrogens (tertiary/aromatic N) is 1. The van der Waals surface area contributed by atoms with E-state index in [4.69, 9.17) is 4.98 Å². The molecule has 5 aromatic rings. The fraction of sp³-hybridized carbons (Fsp3) is 0.364. The molecule has 198 valence electrons. The van der Waals surface area contributed by atoms with Crippen LogP contribution in [0.3, 0.4) is 0 Å². The van der Waals surface area contributed by atoms with E-state index in [1.54, 1.807) is 11.3 Å². The maximum atomic E-state index is 13.6. The third kappa shape index (κ3) is 4.29. The van der Waals surface area contributed by atoms with Crippen molar-refractivity contribution in [2.45, 2.75) is 72.4 Å². The standard InChI is InChI=1S/C33H34F3NS/c1-7-32(6,8-2)27-18-23(17-21-11-9-10-12-24(21)27)28-30-26(15-16-37-28)25-14-13-22(20(3)29(25)38-30)19-31(4,5)33(34,35)36/h9-18H,7-8,19H2,1-6H3. The molecule has 0 aliphatic carbocycles. The molecule has 0 amide bonds. The molecular formula is C33H34F3NS. The summed E-state index contributed by atoms with van der Waals surface area (Å²) in [6.45, 7) is 11.3. The molecular weight excluding hydrogens is 499 g/mol. The van der Waals surface area contributed by atoms with Gasteiger partial charge in [-0.05, 0) is 77.3 Å². The first-order valence-electron chi connectivity index (χ1n) is 13.3. The lowest BCUT2D eigenvalue weighted by Crippen LogP contribution is -2.34. The van der Waals surface area contributed by atoms with Gasteiger partial charge in [-0.1, -0.05) is 71.0 Å². The summed E-state index contributed by atoms with van der Waals surface area (Å²) in [5.41, 5.74) is 3.28. The summed E-state index contributed by atoms with van der Waals surface area (Å²) in [5, 5.41) is 4.65. The van der Waals surface area contributed by atoms with Crippen molar-refractivity contribution in [2.75, 3.05) is 0 Å². The number of aromatic nitrogens is 1. The molecule has 3 aromatic carbocycles. The molecule has 0 saturated carbocycles. The summed E-state index contributed by atoms with van der Waals surface area (Å²) in [6.07, 6.45) is -0.377. The second-order valence-electron chi connectivity index (χ2n) is 11.4. The maximum Gasteiger partial charge on any atom is 0.394 e. The van der Waals surface area contributed by atoms with Crippen molar-refractivity contribution in [1.82, 2.24) is 4.98 Å². The summed E-state index contributed by atoms with van der Waals surface area (Å²) in [7, 11) is 0. The summed E-state index contributed by atoms with van der Waals surface area (Å²) >= 11 is 1.64. The van der Waals surface area contributed by atoms with E-state index in [-0.39, 0.29) is 11.8 Å². The van der Waals surface area contributed by atoms with Gasteiger partial charge in [0.05, 0.1) is 15.8 Å². The molecule has 38 heavy (non-hydrogen) atoms. The Kier molecular flexibility index (Phi) is 6.58. The van der Waals surface area contributed by atoms with Gasteiger partial charge < -0.3 is 0 Å². The van der Waals surface area contributed by atoms with Gasteiger partial charge in [0.25, 0.3) is 0 Å². The highest BCUT2D eigenvalue weighted by Gasteiger charge is 2.47. The Morgan fingerprint density at radius 1 is 0.816 bits per heavy atom. The van der Waals surface area contributed by atoms with Crippen molar-refractivity contribution in [3.63, 3.8) is 0 Å². The number of hydrogen-bond acceptors (Lipinski definition) is 2. The van der Waals surface area contributed by atoms with Crippen molar-refractivity contribution in [3.8, 4) is 11.3 Å². The van der Waals surface area contributed by atoms with E-state index in [0.29, 0.717) is 0 Å². The molecule has 0 spiro atoms. The van der Waals surface area contributed by atoms with Gasteiger partial charge in [-0.3, -0.25) is 4.98 Å². The smallest absolute Gasteiger partial charge is 0.255 e. The lowest BCUT2D eigenvalue weighted by Gasteiger charge is -2.29. The number of hydrogen-bond donors (Lipinski definition) is 0. The molecule has 0 saturated heterocycles. The number of rotatable bonds is 6. The van der Waals surface area contributed by atoms with E-state index in [1.807, 2.05) is 31.3 Å². The van der Waals surface area contributed by atoms with Gasteiger partial charge in [-0.2, -0.15) is 13.2 Å². The Labute approximate surface area is 226 Å². The van der Waals surface area contributed by atoms with E-state index in [2.05, 4.69) is 57.2 Å². The maximum absolute atomic E-state index is 13.6. The molecule has 0 N–H and O–H groups in total. The first-order chi connectivity index (χ1) is 17.9. The Balaban J connectivity index is 1.73. The summed E-state index contributed by atoms with van der Waals surface area (Å²) < 4.78 is 43.1. The minimum Gasteiger partial charge on any atom is -0.255 e. The normalized spacial score (nSPS) is 13.2. The largest absolute Gasteiger partial charge is 0.394 e. The van der Waals surface area contributed by atoms with Gasteiger partial charge >= 0.3 is 6.18 Å². The molecule has 0 bridgehead atoms. The molecule has 0 radical (unpaired) electrons. The highest BCUT2D eigenvalue weighted by atomic mass is 32.1. The zero-order valence-electron chi connectivity index (χ0n) is 22.9. The lowest BCUT2D eigenvalue weighted by atomic mass is 9.75. The Morgan fingerprint density at radius 3 is 2.18 bits per heavy atom. The van der Waals surface area contributed by atoms with Crippen LogP contribution in [0.2, 0.25) is 0 Å². The van der Waals surface area contributed by atoms with Crippen molar-refractivity contribution < 1.29 is 13.2 Å². The van der Waals surface area contributed by atoms with Crippen LogP contribution in [0.25, 0.3) is 42.2 Å². The quantitative estimate of drug-likeness (QED) is 0.211. The van der Waals surface area contributed by atoms with Crippen molar-refractivity contribution in [2.24, 2.45) is 5.41 Å². The summed E-state index contributed by atoms with van der Waals surface area (Å²) in [5.74, 6) is 0. The fourth-order valence-electron chi connectivity index (χ4n) is 5.49. The van der Waals surface area contributed by atoms with Crippen LogP contribution in [0.4, 0.5) is 13.2 Å². The molecule has 0 aliphatic heterocycles. The van der Waals surface area contributed by atoms with Crippen LogP contribution < -0.4 is 0 Å². The first-order valence-corrected chi connectivity index (χ1v) is 14.1. The summed E-state index contributed by atoms with van der Waals surface area (Å²) in [6, 6.07) is 19.0. The zero-order valence-corrected chi connectivity index (χ0v) is 23.7. The molecule has 0 aliphatic rings. The van der Waals surface area contributed by atoms with E-state index >= 15 is 0 Å². The highest BCUT2D eigenvalue weighted by Crippen LogP contribution is 2.46. The Hall–Kier alpha value is -2.92. The number of aryl methyl sites for hydroxylation is 1. The number of benzene rings is 3. The zero-order chi connectivity index (χ0) is 27.5. The van der Waals surface area contributed by atoms with E-state index in [1.165, 1.54) is 30.2 Å². The molecule has 0 fully saturated rings. The fourth-order valence-corrected chi connectivity index (χ4v) is 6.82. The van der Waals surface area contributed by atoms with Gasteiger partial charge in [0, 0.05) is 27.2 Å². The molecule has 1 nitrogen and oxygen atoms in total. The van der Waals surface area contributed by atoms with Crippen LogP contribution in [-0.2, 0) is 11.8 Å². The molecule has 0 unspecified atom stereocenters. The molecule has 5 rings (SSSR count). The number of alkyl halides is 3. The third-order valence-electron chi connectivity index (χ3n) is 8.66. The van der Waals surface area contributed by atoms with Crippen LogP contribution in [0.1, 0.15) is 64.2 Å². The van der Waals surface area contributed by atoms with E-state index < -0.39 is 11.6 Å². The van der Waals surface area contributed by atoms with Crippen LogP contribution in [0.5, 0.6) is 0 Å². The average molecular weight is 534 g/mol. The van der Waals surface area contributed by atoms with Gasteiger partial charge in [-0.15, -0.1) is 11.3 Å². The van der Waals surface area contributed by atoms with Crippen molar-refractivity contribution in [1.29, 1.82) is 0 Å². The van der Waals surface area contributed by atoms with E-state index in [0.717, 1.165) is 55.4 Å². The van der Waals surface area contributed by atoms with E-state index in [9.17, 15) is 13.2 Å². The number of pyridine rings is 1. The third-order valence-corrected chi connectivity index (χ3v) is 10.0. The Bertz CT molecular complexity index is 1650. The minimum atomic E-state index is -4.26. The topological polar surface area (TPSA) is 12.9 Å². The van der Waals surface area contributed by atoms with Gasteiger partial charge in [0.1, 0.15) is 0 Å². The molecule has 5 heteroatoms. The monoisotopic (exact) mass is 533 g/mol. The molecule has 2 heterocycles. The number of halogens is 3. The first kappa shape index (κ1) is 26.7. The van der Waals surface area contributed by atoms with Crippen molar-refractivity contribution in [3.05, 3.63) is 77.5 Å². The average Bonchev–Trinajstić information content (AvgIpc) is 3.28. The highest BCUT2D eigenvalue weighted by molar-refractivity contribution is 7.26. The van der Waals surface area contributed by atoms with Crippen LogP contribution in [0.15, 0.2) is 60.8 Å². The van der Waals surface area contributed by atoms with Crippen LogP contribution >= 0.6 is 11.3 Å². The lowest BCUT2D eigenvalue weighted by molar-refractivity contribution is -0.211. The van der Waals surface area contributed by atoms with Gasteiger partial charge in [0.2, 0.25) is 0 Å². The SMILES string of the molecule is CCC(C)(CC)c1cc(-c2nccc3c2sc2c(C)c(CC(C)(C)C(F)(F)F)ccc23)cc2ccccc12. The second kappa shape index (κ2) is 9.37. The summed E-state index contributed by atoms with van der Waals surface area (Å²) in [4.78, 5) is 4.86. The van der Waals surface area contributed by atoms with Crippen LogP contribution in [-0.4, -0.2) is 11.2 Å². The second-order valence-corrected chi connectivity index (χ2v) is 12.5. The Morgan fingerprint density at radius 2 is 1.50 bits per heavy atom. The van der Waals surface area contributed by atoms with Gasteiger partial charge in [-0.25, -0.2) is 0 Å². The van der Waals surface area contributed by atoms with Crippen molar-refractivity contribution >= 4 is 42.3 Å². The predicted molar refractivity (Wildman–Crippen MR) is 156 cm³/mol. The number of thiophene rings is 1. The predicted octanol–water partition coefficient (Wildman–Crippen LogP) is 10.8. The number of fused-ring (bicyclic) bond motifs is 4. The molecule has 0 atom stereocenters. The van der Waals surface area contributed by atoms with Gasteiger partial charge in [0.15, 0.2) is 0 Å².